The van der Waals surface area contributed by atoms with Gasteiger partial charge in [-0.1, -0.05) is 0 Å². The van der Waals surface area contributed by atoms with Gasteiger partial charge in [-0.15, -0.1) is 23.7 Å². The molecule has 1 atom stereocenters. The summed E-state index contributed by atoms with van der Waals surface area (Å²) in [6.45, 7) is 0. The molecule has 0 fully saturated rings. The Morgan fingerprint density at radius 2 is 2.38 bits per heavy atom. The lowest BCUT2D eigenvalue weighted by Crippen LogP contribution is -2.14. The smallest absolute Gasteiger partial charge is 0.0843 e. The first kappa shape index (κ1) is 11.3. The van der Waals surface area contributed by atoms with E-state index >= 15 is 0 Å². The number of hydrogen-bond donors (Lipinski definition) is 1. The molecule has 0 aliphatic rings. The monoisotopic (exact) mass is 321 g/mol. The Bertz CT molecular complexity index is 307. The Morgan fingerprint density at radius 1 is 1.69 bits per heavy atom. The minimum absolute atomic E-state index is 0.262. The van der Waals surface area contributed by atoms with Crippen molar-refractivity contribution in [2.75, 3.05) is 7.05 Å². The quantitative estimate of drug-likeness (QED) is 0.839. The Balaban J connectivity index is 2.86. The summed E-state index contributed by atoms with van der Waals surface area (Å²) in [6.07, 6.45) is 6.00. The van der Waals surface area contributed by atoms with Gasteiger partial charge in [-0.2, -0.15) is 0 Å². The lowest BCUT2D eigenvalue weighted by molar-refractivity contribution is 0.622. The zero-order chi connectivity index (χ0) is 9.84. The minimum Gasteiger partial charge on any atom is -0.312 e. The predicted octanol–water partition coefficient (Wildman–Crippen LogP) is 3.56. The maximum atomic E-state index is 5.28. The molecule has 0 bridgehead atoms. The van der Waals surface area contributed by atoms with Crippen molar-refractivity contribution >= 4 is 43.2 Å². The highest BCUT2D eigenvalue weighted by Crippen LogP contribution is 2.36. The van der Waals surface area contributed by atoms with Gasteiger partial charge < -0.3 is 5.32 Å². The van der Waals surface area contributed by atoms with Crippen molar-refractivity contribution in [1.82, 2.24) is 5.32 Å². The summed E-state index contributed by atoms with van der Waals surface area (Å²) >= 11 is 8.60. The molecule has 1 rings (SSSR count). The second kappa shape index (κ2) is 5.16. The fourth-order valence-electron chi connectivity index (χ4n) is 0.998. The molecular weight excluding hydrogens is 314 g/mol. The fourth-order valence-corrected chi connectivity index (χ4v) is 3.20. The molecule has 4 heteroatoms. The van der Waals surface area contributed by atoms with Crippen molar-refractivity contribution in [3.63, 3.8) is 0 Å². The van der Waals surface area contributed by atoms with Gasteiger partial charge in [0.25, 0.3) is 0 Å². The molecule has 1 aromatic heterocycles. The molecular formula is C9H9Br2NS. The lowest BCUT2D eigenvalue weighted by Gasteiger charge is -2.09. The van der Waals surface area contributed by atoms with E-state index in [1.54, 1.807) is 11.3 Å². The maximum Gasteiger partial charge on any atom is 0.0843 e. The molecule has 1 N–H and O–H groups in total. The van der Waals surface area contributed by atoms with Crippen LogP contribution in [-0.4, -0.2) is 7.05 Å². The number of halogens is 2. The third-order valence-corrected chi connectivity index (χ3v) is 5.05. The average molecular weight is 323 g/mol. The molecule has 0 aliphatic heterocycles. The Kier molecular flexibility index (Phi) is 4.47. The van der Waals surface area contributed by atoms with E-state index in [2.05, 4.69) is 49.2 Å². The summed E-state index contributed by atoms with van der Waals surface area (Å²) in [6, 6.07) is 2.35. The van der Waals surface area contributed by atoms with Gasteiger partial charge in [0.1, 0.15) is 0 Å². The van der Waals surface area contributed by atoms with E-state index in [9.17, 15) is 0 Å². The van der Waals surface area contributed by atoms with E-state index in [-0.39, 0.29) is 6.04 Å². The zero-order valence-corrected chi connectivity index (χ0v) is 11.1. The highest BCUT2D eigenvalue weighted by Gasteiger charge is 2.12. The van der Waals surface area contributed by atoms with Crippen LogP contribution in [0, 0.1) is 12.3 Å². The minimum atomic E-state index is 0.262. The topological polar surface area (TPSA) is 12.0 Å². The van der Waals surface area contributed by atoms with E-state index < -0.39 is 0 Å². The molecule has 0 amide bonds. The third-order valence-electron chi connectivity index (χ3n) is 1.68. The Hall–Kier alpha value is 0.180. The fraction of sp³-hybridized carbons (Fsp3) is 0.333. The van der Waals surface area contributed by atoms with Crippen LogP contribution in [0.15, 0.2) is 14.3 Å². The standard InChI is InChI=1S/C9H9Br2NS/c1-3-4-7(12-2)8-5-6(10)9(11)13-8/h1,5,7,12H,4H2,2H3. The van der Waals surface area contributed by atoms with Crippen LogP contribution in [0.3, 0.4) is 0 Å². The lowest BCUT2D eigenvalue weighted by atomic mass is 10.2. The van der Waals surface area contributed by atoms with Gasteiger partial charge in [0.2, 0.25) is 0 Å². The van der Waals surface area contributed by atoms with E-state index in [0.717, 1.165) is 14.7 Å². The molecule has 1 unspecified atom stereocenters. The summed E-state index contributed by atoms with van der Waals surface area (Å²) in [5.41, 5.74) is 0. The highest BCUT2D eigenvalue weighted by molar-refractivity contribution is 9.13. The predicted molar refractivity (Wildman–Crippen MR) is 65.0 cm³/mol. The average Bonchev–Trinajstić information content (AvgIpc) is 2.43. The summed E-state index contributed by atoms with van der Waals surface area (Å²) in [5, 5.41) is 3.19. The van der Waals surface area contributed by atoms with Crippen molar-refractivity contribution < 1.29 is 0 Å². The largest absolute Gasteiger partial charge is 0.312 e. The van der Waals surface area contributed by atoms with Crippen molar-refractivity contribution in [3.05, 3.63) is 19.2 Å². The van der Waals surface area contributed by atoms with Crippen LogP contribution in [-0.2, 0) is 0 Å². The van der Waals surface area contributed by atoms with Gasteiger partial charge >= 0.3 is 0 Å². The second-order valence-electron chi connectivity index (χ2n) is 2.52. The van der Waals surface area contributed by atoms with Gasteiger partial charge in [0.05, 0.1) is 9.83 Å². The molecule has 70 valence electrons. The van der Waals surface area contributed by atoms with Crippen molar-refractivity contribution in [3.8, 4) is 12.3 Å². The van der Waals surface area contributed by atoms with Gasteiger partial charge in [0, 0.05) is 15.8 Å². The second-order valence-corrected chi connectivity index (χ2v) is 5.78. The molecule has 0 saturated heterocycles. The van der Waals surface area contributed by atoms with Crippen LogP contribution in [0.2, 0.25) is 0 Å². The first-order valence-electron chi connectivity index (χ1n) is 3.74. The van der Waals surface area contributed by atoms with E-state index in [1.165, 1.54) is 4.88 Å². The van der Waals surface area contributed by atoms with Gasteiger partial charge in [-0.3, -0.25) is 0 Å². The first-order chi connectivity index (χ1) is 6.19. The maximum absolute atomic E-state index is 5.28. The van der Waals surface area contributed by atoms with Crippen molar-refractivity contribution in [2.45, 2.75) is 12.5 Å². The molecule has 1 aromatic rings. The van der Waals surface area contributed by atoms with Crippen LogP contribution in [0.4, 0.5) is 0 Å². The number of thiophene rings is 1. The first-order valence-corrected chi connectivity index (χ1v) is 6.14. The Morgan fingerprint density at radius 3 is 2.77 bits per heavy atom. The van der Waals surface area contributed by atoms with Crippen LogP contribution in [0.25, 0.3) is 0 Å². The van der Waals surface area contributed by atoms with Crippen LogP contribution >= 0.6 is 43.2 Å². The van der Waals surface area contributed by atoms with Gasteiger partial charge in [-0.25, -0.2) is 0 Å². The normalized spacial score (nSPS) is 12.5. The van der Waals surface area contributed by atoms with Crippen LogP contribution < -0.4 is 5.32 Å². The SMILES string of the molecule is C#CCC(NC)c1cc(Br)c(Br)s1. The number of hydrogen-bond acceptors (Lipinski definition) is 2. The molecule has 0 saturated carbocycles. The molecule has 13 heavy (non-hydrogen) atoms. The molecule has 0 aromatic carbocycles. The van der Waals surface area contributed by atoms with Crippen LogP contribution in [0.5, 0.6) is 0 Å². The number of rotatable bonds is 3. The molecule has 1 nitrogen and oxygen atoms in total. The number of terminal acetylenes is 1. The molecule has 0 aliphatic carbocycles. The number of nitrogens with one attached hydrogen (secondary N) is 1. The summed E-state index contributed by atoms with van der Waals surface area (Å²) in [5.74, 6) is 2.66. The highest BCUT2D eigenvalue weighted by atomic mass is 79.9. The van der Waals surface area contributed by atoms with Gasteiger partial charge in [0.15, 0.2) is 0 Å². The summed E-state index contributed by atoms with van der Waals surface area (Å²) in [4.78, 5) is 1.25. The van der Waals surface area contributed by atoms with Gasteiger partial charge in [-0.05, 0) is 45.0 Å². The van der Waals surface area contributed by atoms with E-state index in [4.69, 9.17) is 6.42 Å². The molecule has 0 radical (unpaired) electrons. The Labute approximate surface area is 99.2 Å². The zero-order valence-electron chi connectivity index (χ0n) is 7.10. The molecule has 0 spiro atoms. The summed E-state index contributed by atoms with van der Waals surface area (Å²) in [7, 11) is 1.92. The molecule has 1 heterocycles. The summed E-state index contributed by atoms with van der Waals surface area (Å²) < 4.78 is 2.20. The van der Waals surface area contributed by atoms with Crippen molar-refractivity contribution in [2.24, 2.45) is 0 Å². The van der Waals surface area contributed by atoms with E-state index in [1.807, 2.05) is 7.05 Å². The van der Waals surface area contributed by atoms with Crippen molar-refractivity contribution in [1.29, 1.82) is 0 Å². The third kappa shape index (κ3) is 2.81. The van der Waals surface area contributed by atoms with E-state index in [0.29, 0.717) is 0 Å². The van der Waals surface area contributed by atoms with Crippen LogP contribution in [0.1, 0.15) is 17.3 Å².